The molecule has 0 unspecified atom stereocenters. The number of carbonyl (C=O) groups is 2. The third-order valence-corrected chi connectivity index (χ3v) is 3.43. The van der Waals surface area contributed by atoms with Gasteiger partial charge < -0.3 is 24.8 Å². The highest BCUT2D eigenvalue weighted by atomic mass is 16.5. The van der Waals surface area contributed by atoms with Gasteiger partial charge in [0, 0.05) is 12.5 Å². The van der Waals surface area contributed by atoms with Crippen LogP contribution in [0.3, 0.4) is 0 Å². The molecule has 7 heteroatoms. The van der Waals surface area contributed by atoms with E-state index in [1.807, 2.05) is 0 Å². The lowest BCUT2D eigenvalue weighted by atomic mass is 10.1. The topological polar surface area (TPSA) is 113 Å². The Bertz CT molecular complexity index is 840. The monoisotopic (exact) mass is 358 g/mol. The van der Waals surface area contributed by atoms with Gasteiger partial charge in [-0.15, -0.1) is 0 Å². The average molecular weight is 358 g/mol. The molecule has 0 amide bonds. The summed E-state index contributed by atoms with van der Waals surface area (Å²) in [6.07, 6.45) is 2.58. The highest BCUT2D eigenvalue weighted by Gasteiger charge is 2.09. The summed E-state index contributed by atoms with van der Waals surface area (Å²) in [6, 6.07) is 8.60. The number of Topliss-reactive ketones (excluding diaryl/α,β-unsaturated/α-hetero) is 1. The van der Waals surface area contributed by atoms with Crippen LogP contribution in [0.2, 0.25) is 0 Å². The lowest BCUT2D eigenvalue weighted by Gasteiger charge is -2.04. The van der Waals surface area contributed by atoms with Crippen molar-refractivity contribution in [3.8, 4) is 23.0 Å². The Labute approximate surface area is 149 Å². The van der Waals surface area contributed by atoms with Crippen molar-refractivity contribution in [1.29, 1.82) is 0 Å². The largest absolute Gasteiger partial charge is 0.504 e. The summed E-state index contributed by atoms with van der Waals surface area (Å²) in [7, 11) is 1.41. The molecule has 0 aliphatic rings. The van der Waals surface area contributed by atoms with Crippen molar-refractivity contribution in [3.63, 3.8) is 0 Å². The molecule has 136 valence electrons. The maximum atomic E-state index is 11.8. The van der Waals surface area contributed by atoms with E-state index in [2.05, 4.69) is 0 Å². The lowest BCUT2D eigenvalue weighted by molar-refractivity contribution is -0.142. The van der Waals surface area contributed by atoms with E-state index in [1.54, 1.807) is 12.1 Å². The minimum Gasteiger partial charge on any atom is -0.504 e. The fourth-order valence-corrected chi connectivity index (χ4v) is 2.12. The highest BCUT2D eigenvalue weighted by molar-refractivity contribution is 5.90. The number of benzene rings is 2. The van der Waals surface area contributed by atoms with Crippen LogP contribution in [0.15, 0.2) is 42.5 Å². The second-order valence-electron chi connectivity index (χ2n) is 5.41. The minimum atomic E-state index is -0.695. The van der Waals surface area contributed by atoms with E-state index < -0.39 is 12.6 Å². The number of methoxy groups -OCH3 is 1. The van der Waals surface area contributed by atoms with E-state index >= 15 is 0 Å². The van der Waals surface area contributed by atoms with Gasteiger partial charge in [0.05, 0.1) is 7.11 Å². The molecule has 7 nitrogen and oxygen atoms in total. The summed E-state index contributed by atoms with van der Waals surface area (Å²) < 4.78 is 9.83. The molecule has 0 radical (unpaired) electrons. The molecule has 0 aliphatic heterocycles. The summed E-state index contributed by atoms with van der Waals surface area (Å²) in [5.74, 6) is -1.39. The molecule has 0 fully saturated rings. The van der Waals surface area contributed by atoms with Crippen molar-refractivity contribution in [2.75, 3.05) is 13.7 Å². The van der Waals surface area contributed by atoms with Crippen molar-refractivity contribution in [3.05, 3.63) is 53.6 Å². The van der Waals surface area contributed by atoms with Crippen molar-refractivity contribution >= 4 is 17.8 Å². The zero-order chi connectivity index (χ0) is 19.1. The second-order valence-corrected chi connectivity index (χ2v) is 5.41. The molecule has 2 aromatic rings. The fraction of sp³-hybridized carbons (Fsp3) is 0.158. The molecular weight excluding hydrogens is 340 g/mol. The van der Waals surface area contributed by atoms with Gasteiger partial charge in [-0.2, -0.15) is 0 Å². The van der Waals surface area contributed by atoms with Gasteiger partial charge in [0.2, 0.25) is 0 Å². The quantitative estimate of drug-likeness (QED) is 0.395. The van der Waals surface area contributed by atoms with Crippen LogP contribution in [-0.2, 0) is 20.7 Å². The summed E-state index contributed by atoms with van der Waals surface area (Å²) in [5, 5.41) is 28.1. The van der Waals surface area contributed by atoms with Crippen molar-refractivity contribution in [1.82, 2.24) is 0 Å². The van der Waals surface area contributed by atoms with E-state index in [0.717, 1.165) is 6.08 Å². The maximum absolute atomic E-state index is 11.8. The molecule has 0 atom stereocenters. The van der Waals surface area contributed by atoms with E-state index in [0.29, 0.717) is 11.1 Å². The predicted molar refractivity (Wildman–Crippen MR) is 93.1 cm³/mol. The number of phenols is 3. The normalized spacial score (nSPS) is 10.7. The van der Waals surface area contributed by atoms with E-state index in [9.17, 15) is 24.9 Å². The Morgan fingerprint density at radius 2 is 1.73 bits per heavy atom. The summed E-state index contributed by atoms with van der Waals surface area (Å²) in [6.45, 7) is -0.413. The van der Waals surface area contributed by atoms with Gasteiger partial charge in [-0.1, -0.05) is 12.1 Å². The van der Waals surface area contributed by atoms with Gasteiger partial charge in [-0.3, -0.25) is 4.79 Å². The minimum absolute atomic E-state index is 0.0157. The molecule has 0 aromatic heterocycles. The molecule has 2 aromatic carbocycles. The van der Waals surface area contributed by atoms with Gasteiger partial charge in [-0.25, -0.2) is 4.79 Å². The first-order valence-electron chi connectivity index (χ1n) is 7.63. The Hall–Kier alpha value is -3.48. The first-order valence-corrected chi connectivity index (χ1v) is 7.63. The third-order valence-electron chi connectivity index (χ3n) is 3.43. The molecule has 0 saturated carbocycles. The van der Waals surface area contributed by atoms with E-state index in [1.165, 1.54) is 37.5 Å². The zero-order valence-corrected chi connectivity index (χ0v) is 14.0. The zero-order valence-electron chi connectivity index (χ0n) is 14.0. The first-order chi connectivity index (χ1) is 12.4. The smallest absolute Gasteiger partial charge is 0.331 e. The van der Waals surface area contributed by atoms with Crippen LogP contribution in [0.25, 0.3) is 6.08 Å². The number of ketones is 1. The third kappa shape index (κ3) is 5.27. The average Bonchev–Trinajstić information content (AvgIpc) is 2.62. The standard InChI is InChI=1S/C19H18O7/c1-25-18-10-12(2-6-16(18)22)4-7-19(24)26-11-14(20)8-13-3-5-15(21)17(23)9-13/h2-7,9-10,21-23H,8,11H2,1H3/b7-4+. The van der Waals surface area contributed by atoms with Gasteiger partial charge >= 0.3 is 5.97 Å². The summed E-state index contributed by atoms with van der Waals surface area (Å²) in [4.78, 5) is 23.5. The Morgan fingerprint density at radius 1 is 1.00 bits per heavy atom. The molecule has 0 spiro atoms. The molecule has 0 heterocycles. The molecule has 3 N–H and O–H groups in total. The number of phenolic OH excluding ortho intramolecular Hbond substituents is 3. The van der Waals surface area contributed by atoms with Gasteiger partial charge in [0.25, 0.3) is 0 Å². The molecule has 26 heavy (non-hydrogen) atoms. The Kier molecular flexibility index (Phi) is 6.21. The van der Waals surface area contributed by atoms with Gasteiger partial charge in [0.15, 0.2) is 35.4 Å². The fourth-order valence-electron chi connectivity index (χ4n) is 2.12. The molecule has 0 bridgehead atoms. The molecule has 0 aliphatic carbocycles. The van der Waals surface area contributed by atoms with Gasteiger partial charge in [0.1, 0.15) is 0 Å². The van der Waals surface area contributed by atoms with Crippen LogP contribution >= 0.6 is 0 Å². The van der Waals surface area contributed by atoms with Crippen molar-refractivity contribution < 1.29 is 34.4 Å². The van der Waals surface area contributed by atoms with Crippen molar-refractivity contribution in [2.24, 2.45) is 0 Å². The SMILES string of the molecule is COc1cc(/C=C/C(=O)OCC(=O)Cc2ccc(O)c(O)c2)ccc1O. The van der Waals surface area contributed by atoms with Crippen LogP contribution < -0.4 is 4.74 Å². The van der Waals surface area contributed by atoms with Crippen LogP contribution in [0, 0.1) is 0 Å². The molecule has 0 saturated heterocycles. The van der Waals surface area contributed by atoms with Crippen molar-refractivity contribution in [2.45, 2.75) is 6.42 Å². The number of hydrogen-bond acceptors (Lipinski definition) is 7. The van der Waals surface area contributed by atoms with E-state index in [-0.39, 0.29) is 35.2 Å². The van der Waals surface area contributed by atoms with E-state index in [4.69, 9.17) is 9.47 Å². The number of esters is 1. The van der Waals surface area contributed by atoms with Gasteiger partial charge in [-0.05, 0) is 41.5 Å². The molecule has 2 rings (SSSR count). The van der Waals surface area contributed by atoms with Crippen LogP contribution in [-0.4, -0.2) is 40.8 Å². The number of rotatable bonds is 7. The second kappa shape index (κ2) is 8.57. The van der Waals surface area contributed by atoms with Crippen LogP contribution in [0.4, 0.5) is 0 Å². The number of hydrogen-bond donors (Lipinski definition) is 3. The first kappa shape index (κ1) is 18.9. The number of ether oxygens (including phenoxy) is 2. The number of carbonyl (C=O) groups excluding carboxylic acids is 2. The highest BCUT2D eigenvalue weighted by Crippen LogP contribution is 2.27. The summed E-state index contributed by atoms with van der Waals surface area (Å²) in [5.41, 5.74) is 1.11. The Morgan fingerprint density at radius 3 is 2.42 bits per heavy atom. The molecular formula is C19H18O7. The maximum Gasteiger partial charge on any atom is 0.331 e. The Balaban J connectivity index is 1.85. The van der Waals surface area contributed by atoms with Crippen LogP contribution in [0.1, 0.15) is 11.1 Å². The van der Waals surface area contributed by atoms with Crippen LogP contribution in [0.5, 0.6) is 23.0 Å². The predicted octanol–water partition coefficient (Wildman–Crippen LogP) is 2.18. The number of aromatic hydroxyl groups is 3. The summed E-state index contributed by atoms with van der Waals surface area (Å²) >= 11 is 0. The lowest BCUT2D eigenvalue weighted by Crippen LogP contribution is -2.14.